The Morgan fingerprint density at radius 2 is 2.00 bits per heavy atom. The lowest BCUT2D eigenvalue weighted by Gasteiger charge is -2.43. The van der Waals surface area contributed by atoms with Crippen molar-refractivity contribution in [2.45, 2.75) is 24.7 Å². The smallest absolute Gasteiger partial charge is 0.191 e. The lowest BCUT2D eigenvalue weighted by Crippen LogP contribution is -2.48. The van der Waals surface area contributed by atoms with Crippen molar-refractivity contribution in [3.63, 3.8) is 0 Å². The lowest BCUT2D eigenvalue weighted by molar-refractivity contribution is 0.243. The van der Waals surface area contributed by atoms with Crippen molar-refractivity contribution in [1.82, 2.24) is 10.6 Å². The highest BCUT2D eigenvalue weighted by Gasteiger charge is 2.38. The van der Waals surface area contributed by atoms with E-state index in [-0.39, 0.29) is 35.2 Å². The van der Waals surface area contributed by atoms with Gasteiger partial charge in [-0.25, -0.2) is 4.39 Å². The number of halogens is 2. The molecular weight excluding hydrogens is 380 g/mol. The SMILES string of the molecule is C=CCNC(=NC)NCC1(c2ccc(F)cc2)CCC1.I. The summed E-state index contributed by atoms with van der Waals surface area (Å²) in [6.45, 7) is 5.18. The van der Waals surface area contributed by atoms with E-state index < -0.39 is 0 Å². The molecule has 0 aromatic heterocycles. The van der Waals surface area contributed by atoms with Crippen LogP contribution in [0.2, 0.25) is 0 Å². The first kappa shape index (κ1) is 17.9. The van der Waals surface area contributed by atoms with Gasteiger partial charge in [-0.2, -0.15) is 0 Å². The van der Waals surface area contributed by atoms with Crippen LogP contribution in [0.1, 0.15) is 24.8 Å². The number of hydrogen-bond donors (Lipinski definition) is 2. The van der Waals surface area contributed by atoms with E-state index in [1.165, 1.54) is 12.0 Å². The minimum absolute atomic E-state index is 0. The predicted molar refractivity (Wildman–Crippen MR) is 96.9 cm³/mol. The molecule has 3 nitrogen and oxygen atoms in total. The first-order valence-corrected chi connectivity index (χ1v) is 7.02. The summed E-state index contributed by atoms with van der Waals surface area (Å²) in [6.07, 6.45) is 5.28. The average molecular weight is 403 g/mol. The Morgan fingerprint density at radius 1 is 1.33 bits per heavy atom. The summed E-state index contributed by atoms with van der Waals surface area (Å²) in [6, 6.07) is 6.88. The van der Waals surface area contributed by atoms with Crippen LogP contribution in [0, 0.1) is 5.82 Å². The average Bonchev–Trinajstić information content (AvgIpc) is 2.42. The van der Waals surface area contributed by atoms with Crippen molar-refractivity contribution >= 4 is 29.9 Å². The zero-order chi connectivity index (χ0) is 14.4. The van der Waals surface area contributed by atoms with Gasteiger partial charge in [0.2, 0.25) is 0 Å². The van der Waals surface area contributed by atoms with Gasteiger partial charge in [-0.15, -0.1) is 30.6 Å². The number of benzene rings is 1. The van der Waals surface area contributed by atoms with Gasteiger partial charge in [0.05, 0.1) is 0 Å². The fourth-order valence-electron chi connectivity index (χ4n) is 2.62. The highest BCUT2D eigenvalue weighted by atomic mass is 127. The third-order valence-electron chi connectivity index (χ3n) is 4.00. The molecule has 1 aliphatic carbocycles. The van der Waals surface area contributed by atoms with Crippen LogP contribution >= 0.6 is 24.0 Å². The Morgan fingerprint density at radius 3 is 2.48 bits per heavy atom. The summed E-state index contributed by atoms with van der Waals surface area (Å²) in [4.78, 5) is 4.18. The minimum Gasteiger partial charge on any atom is -0.356 e. The molecule has 1 aromatic rings. The van der Waals surface area contributed by atoms with Crippen molar-refractivity contribution in [3.05, 3.63) is 48.3 Å². The molecule has 0 amide bonds. The summed E-state index contributed by atoms with van der Waals surface area (Å²) < 4.78 is 13.1. The van der Waals surface area contributed by atoms with Gasteiger partial charge < -0.3 is 10.6 Å². The van der Waals surface area contributed by atoms with Crippen molar-refractivity contribution in [3.8, 4) is 0 Å². The van der Waals surface area contributed by atoms with Crippen LogP contribution in [-0.2, 0) is 5.41 Å². The quantitative estimate of drug-likeness (QED) is 0.343. The third-order valence-corrected chi connectivity index (χ3v) is 4.00. The molecule has 1 saturated carbocycles. The molecule has 0 spiro atoms. The van der Waals surface area contributed by atoms with Crippen LogP contribution in [0.25, 0.3) is 0 Å². The topological polar surface area (TPSA) is 36.4 Å². The summed E-state index contributed by atoms with van der Waals surface area (Å²) in [5, 5.41) is 6.52. The third kappa shape index (κ3) is 4.43. The molecule has 0 atom stereocenters. The fourth-order valence-corrected chi connectivity index (χ4v) is 2.62. The molecule has 2 N–H and O–H groups in total. The van der Waals surface area contributed by atoms with Crippen LogP contribution in [0.15, 0.2) is 41.9 Å². The number of aliphatic imine (C=N–C) groups is 1. The highest BCUT2D eigenvalue weighted by Crippen LogP contribution is 2.43. The van der Waals surface area contributed by atoms with Crippen molar-refractivity contribution < 1.29 is 4.39 Å². The Hall–Kier alpha value is -1.11. The molecule has 116 valence electrons. The highest BCUT2D eigenvalue weighted by molar-refractivity contribution is 14.0. The molecule has 5 heteroatoms. The van der Waals surface area contributed by atoms with E-state index in [0.29, 0.717) is 6.54 Å². The molecule has 1 aromatic carbocycles. The van der Waals surface area contributed by atoms with Gasteiger partial charge in [0.25, 0.3) is 0 Å². The monoisotopic (exact) mass is 403 g/mol. The Bertz CT molecular complexity index is 481. The maximum atomic E-state index is 13.1. The number of guanidine groups is 1. The van der Waals surface area contributed by atoms with Gasteiger partial charge >= 0.3 is 0 Å². The van der Waals surface area contributed by atoms with Gasteiger partial charge in [0, 0.05) is 25.6 Å². The first-order valence-electron chi connectivity index (χ1n) is 7.02. The molecule has 21 heavy (non-hydrogen) atoms. The van der Waals surface area contributed by atoms with Gasteiger partial charge in [-0.3, -0.25) is 4.99 Å². The van der Waals surface area contributed by atoms with Crippen molar-refractivity contribution in [2.24, 2.45) is 4.99 Å². The zero-order valence-electron chi connectivity index (χ0n) is 12.4. The number of hydrogen-bond acceptors (Lipinski definition) is 1. The van der Waals surface area contributed by atoms with Gasteiger partial charge in [0.1, 0.15) is 5.82 Å². The molecular formula is C16H23FIN3. The van der Waals surface area contributed by atoms with Crippen LogP contribution in [-0.4, -0.2) is 26.1 Å². The summed E-state index contributed by atoms with van der Waals surface area (Å²) >= 11 is 0. The summed E-state index contributed by atoms with van der Waals surface area (Å²) in [7, 11) is 1.75. The lowest BCUT2D eigenvalue weighted by atomic mass is 9.64. The normalized spacial score (nSPS) is 16.4. The van der Waals surface area contributed by atoms with Gasteiger partial charge in [-0.1, -0.05) is 24.6 Å². The van der Waals surface area contributed by atoms with E-state index in [2.05, 4.69) is 22.2 Å². The van der Waals surface area contributed by atoms with Gasteiger partial charge in [0.15, 0.2) is 5.96 Å². The molecule has 0 radical (unpaired) electrons. The second-order valence-corrected chi connectivity index (χ2v) is 5.24. The maximum Gasteiger partial charge on any atom is 0.191 e. The van der Waals surface area contributed by atoms with E-state index in [4.69, 9.17) is 0 Å². The standard InChI is InChI=1S/C16H22FN3.HI/c1-3-11-19-15(18-2)20-12-16(9-4-10-16)13-5-7-14(17)8-6-13;/h3,5-8H,1,4,9-12H2,2H3,(H2,18,19,20);1H. The maximum absolute atomic E-state index is 13.1. The molecule has 0 bridgehead atoms. The second kappa shape index (κ2) is 8.36. The van der Waals surface area contributed by atoms with E-state index >= 15 is 0 Å². The van der Waals surface area contributed by atoms with E-state index in [1.54, 1.807) is 25.3 Å². The molecule has 0 unspecified atom stereocenters. The zero-order valence-corrected chi connectivity index (χ0v) is 14.7. The van der Waals surface area contributed by atoms with Crippen LogP contribution in [0.5, 0.6) is 0 Å². The Kier molecular flexibility index (Phi) is 7.14. The predicted octanol–water partition coefficient (Wildman–Crippen LogP) is 3.22. The summed E-state index contributed by atoms with van der Waals surface area (Å²) in [5.41, 5.74) is 1.32. The van der Waals surface area contributed by atoms with E-state index in [9.17, 15) is 4.39 Å². The fraction of sp³-hybridized carbons (Fsp3) is 0.438. The molecule has 0 heterocycles. The van der Waals surface area contributed by atoms with Crippen LogP contribution in [0.4, 0.5) is 4.39 Å². The first-order chi connectivity index (χ1) is 9.70. The van der Waals surface area contributed by atoms with Crippen LogP contribution in [0.3, 0.4) is 0 Å². The Balaban J connectivity index is 0.00000220. The molecule has 1 aliphatic rings. The summed E-state index contributed by atoms with van der Waals surface area (Å²) in [5.74, 6) is 0.595. The minimum atomic E-state index is -0.181. The number of nitrogens with one attached hydrogen (secondary N) is 2. The Labute approximate surface area is 143 Å². The van der Waals surface area contributed by atoms with Crippen LogP contribution < -0.4 is 10.6 Å². The number of rotatable bonds is 5. The molecule has 0 saturated heterocycles. The number of nitrogens with zero attached hydrogens (tertiary/aromatic N) is 1. The van der Waals surface area contributed by atoms with Crippen molar-refractivity contribution in [1.29, 1.82) is 0 Å². The molecule has 0 aliphatic heterocycles. The van der Waals surface area contributed by atoms with E-state index in [1.807, 2.05) is 12.1 Å². The molecule has 1 fully saturated rings. The largest absolute Gasteiger partial charge is 0.356 e. The van der Waals surface area contributed by atoms with Crippen molar-refractivity contribution in [2.75, 3.05) is 20.1 Å². The van der Waals surface area contributed by atoms with E-state index in [0.717, 1.165) is 25.3 Å². The molecule has 2 rings (SSSR count). The van der Waals surface area contributed by atoms with Gasteiger partial charge in [-0.05, 0) is 30.5 Å². The second-order valence-electron chi connectivity index (χ2n) is 5.24.